The summed E-state index contributed by atoms with van der Waals surface area (Å²) in [6.07, 6.45) is 2.96. The minimum atomic E-state index is 0.286. The monoisotopic (exact) mass is 274 g/mol. The number of aryl methyl sites for hydroxylation is 1. The smallest absolute Gasteiger partial charge is 0.0431 e. The molecule has 4 rings (SSSR count). The van der Waals surface area contributed by atoms with Gasteiger partial charge >= 0.3 is 0 Å². The normalized spacial score (nSPS) is 11.9. The third-order valence-corrected chi connectivity index (χ3v) is 4.40. The highest BCUT2D eigenvalue weighted by Gasteiger charge is 2.08. The Morgan fingerprint density at radius 2 is 1.24 bits per heavy atom. The fraction of sp³-hybridized carbons (Fsp3) is 0.200. The third kappa shape index (κ3) is 2.05. The topological polar surface area (TPSA) is 20.2 Å². The lowest BCUT2D eigenvalue weighted by atomic mass is 9.92. The van der Waals surface area contributed by atoms with Gasteiger partial charge in [-0.05, 0) is 57.1 Å². The standard InChI is InChI=1S/C20H18O/c21-11-2-1-4-14-12-17-9-7-15-5-3-6-16-8-10-18(13-14)20(17)19(15)16/h3,5-10,12-13,21H,1-2,4,11H2. The van der Waals surface area contributed by atoms with Crippen LogP contribution in [0.4, 0.5) is 0 Å². The van der Waals surface area contributed by atoms with E-state index < -0.39 is 0 Å². The highest BCUT2D eigenvalue weighted by Crippen LogP contribution is 2.35. The van der Waals surface area contributed by atoms with E-state index in [4.69, 9.17) is 5.11 Å². The first-order chi connectivity index (χ1) is 10.4. The number of hydrogen-bond donors (Lipinski definition) is 1. The summed E-state index contributed by atoms with van der Waals surface area (Å²) in [4.78, 5) is 0. The summed E-state index contributed by atoms with van der Waals surface area (Å²) in [5, 5.41) is 17.0. The van der Waals surface area contributed by atoms with Crippen LogP contribution in [0, 0.1) is 0 Å². The molecule has 0 atom stereocenters. The van der Waals surface area contributed by atoms with Gasteiger partial charge in [0.25, 0.3) is 0 Å². The van der Waals surface area contributed by atoms with E-state index in [1.807, 2.05) is 0 Å². The van der Waals surface area contributed by atoms with Gasteiger partial charge in [-0.2, -0.15) is 0 Å². The number of unbranched alkanes of at least 4 members (excludes halogenated alkanes) is 1. The Labute approximate surface area is 124 Å². The lowest BCUT2D eigenvalue weighted by Gasteiger charge is -2.12. The summed E-state index contributed by atoms with van der Waals surface area (Å²) >= 11 is 0. The highest BCUT2D eigenvalue weighted by molar-refractivity contribution is 6.23. The lowest BCUT2D eigenvalue weighted by Crippen LogP contribution is -1.91. The fourth-order valence-corrected chi connectivity index (χ4v) is 3.40. The molecule has 0 heterocycles. The van der Waals surface area contributed by atoms with Gasteiger partial charge < -0.3 is 5.11 Å². The molecule has 0 saturated heterocycles. The zero-order valence-electron chi connectivity index (χ0n) is 12.0. The average Bonchev–Trinajstić information content (AvgIpc) is 2.53. The average molecular weight is 274 g/mol. The van der Waals surface area contributed by atoms with Crippen LogP contribution in [-0.2, 0) is 6.42 Å². The molecule has 0 fully saturated rings. The Kier molecular flexibility index (Phi) is 3.01. The Morgan fingerprint density at radius 1 is 0.667 bits per heavy atom. The van der Waals surface area contributed by atoms with Crippen LogP contribution in [0.3, 0.4) is 0 Å². The molecule has 4 aromatic rings. The van der Waals surface area contributed by atoms with Crippen LogP contribution in [0.2, 0.25) is 0 Å². The second kappa shape index (κ2) is 5.01. The van der Waals surface area contributed by atoms with E-state index >= 15 is 0 Å². The molecule has 0 bridgehead atoms. The summed E-state index contributed by atoms with van der Waals surface area (Å²) in [7, 11) is 0. The molecular weight excluding hydrogens is 256 g/mol. The van der Waals surface area contributed by atoms with Crippen molar-refractivity contribution < 1.29 is 5.11 Å². The molecule has 0 amide bonds. The molecule has 1 nitrogen and oxygen atoms in total. The SMILES string of the molecule is OCCCCc1cc2ccc3cccc4ccc(c1)c2c34. The lowest BCUT2D eigenvalue weighted by molar-refractivity contribution is 0.284. The van der Waals surface area contributed by atoms with Gasteiger partial charge in [-0.1, -0.05) is 54.6 Å². The van der Waals surface area contributed by atoms with Gasteiger partial charge in [0.1, 0.15) is 0 Å². The van der Waals surface area contributed by atoms with Crippen molar-refractivity contribution in [3.8, 4) is 0 Å². The molecule has 0 unspecified atom stereocenters. The summed E-state index contributed by atoms with van der Waals surface area (Å²) in [6, 6.07) is 20.1. The summed E-state index contributed by atoms with van der Waals surface area (Å²) in [5.74, 6) is 0. The fourth-order valence-electron chi connectivity index (χ4n) is 3.40. The quantitative estimate of drug-likeness (QED) is 0.414. The van der Waals surface area contributed by atoms with Gasteiger partial charge in [-0.3, -0.25) is 0 Å². The Balaban J connectivity index is 1.95. The molecule has 4 aromatic carbocycles. The van der Waals surface area contributed by atoms with Crippen molar-refractivity contribution in [1.82, 2.24) is 0 Å². The number of aliphatic hydroxyl groups is 1. The minimum Gasteiger partial charge on any atom is -0.396 e. The van der Waals surface area contributed by atoms with E-state index in [2.05, 4.69) is 54.6 Å². The molecule has 0 saturated carbocycles. The van der Waals surface area contributed by atoms with Gasteiger partial charge in [0.05, 0.1) is 0 Å². The summed E-state index contributed by atoms with van der Waals surface area (Å²) < 4.78 is 0. The maximum Gasteiger partial charge on any atom is 0.0431 e. The van der Waals surface area contributed by atoms with Crippen molar-refractivity contribution in [2.45, 2.75) is 19.3 Å². The molecule has 0 aliphatic rings. The van der Waals surface area contributed by atoms with Crippen LogP contribution in [0.1, 0.15) is 18.4 Å². The van der Waals surface area contributed by atoms with Gasteiger partial charge in [0, 0.05) is 6.61 Å². The van der Waals surface area contributed by atoms with Crippen LogP contribution < -0.4 is 0 Å². The predicted molar refractivity (Wildman–Crippen MR) is 90.2 cm³/mol. The third-order valence-electron chi connectivity index (χ3n) is 4.40. The first-order valence-corrected chi connectivity index (χ1v) is 7.64. The maximum absolute atomic E-state index is 8.93. The Bertz CT molecular complexity index is 844. The van der Waals surface area contributed by atoms with Crippen molar-refractivity contribution >= 4 is 32.3 Å². The van der Waals surface area contributed by atoms with E-state index in [-0.39, 0.29) is 6.61 Å². The molecule has 1 N–H and O–H groups in total. The van der Waals surface area contributed by atoms with Gasteiger partial charge in [0.2, 0.25) is 0 Å². The molecule has 0 spiro atoms. The van der Waals surface area contributed by atoms with E-state index in [9.17, 15) is 0 Å². The number of benzene rings is 4. The van der Waals surface area contributed by atoms with Crippen LogP contribution in [-0.4, -0.2) is 11.7 Å². The molecule has 0 aliphatic heterocycles. The van der Waals surface area contributed by atoms with Crippen molar-refractivity contribution in [2.75, 3.05) is 6.61 Å². The molecule has 104 valence electrons. The Hall–Kier alpha value is -2.12. The summed E-state index contributed by atoms with van der Waals surface area (Å²) in [5.41, 5.74) is 1.37. The minimum absolute atomic E-state index is 0.286. The van der Waals surface area contributed by atoms with Gasteiger partial charge in [0.15, 0.2) is 0 Å². The molecule has 1 heteroatoms. The van der Waals surface area contributed by atoms with Crippen LogP contribution >= 0.6 is 0 Å². The number of hydrogen-bond acceptors (Lipinski definition) is 1. The maximum atomic E-state index is 8.93. The van der Waals surface area contributed by atoms with Crippen molar-refractivity contribution in [2.24, 2.45) is 0 Å². The zero-order valence-corrected chi connectivity index (χ0v) is 12.0. The molecule has 0 aliphatic carbocycles. The van der Waals surface area contributed by atoms with Crippen molar-refractivity contribution in [1.29, 1.82) is 0 Å². The highest BCUT2D eigenvalue weighted by atomic mass is 16.2. The Morgan fingerprint density at radius 3 is 1.86 bits per heavy atom. The van der Waals surface area contributed by atoms with Gasteiger partial charge in [-0.15, -0.1) is 0 Å². The van der Waals surface area contributed by atoms with E-state index in [1.54, 1.807) is 0 Å². The summed E-state index contributed by atoms with van der Waals surface area (Å²) in [6.45, 7) is 0.286. The molecular formula is C20H18O. The predicted octanol–water partition coefficient (Wildman–Crippen LogP) is 4.90. The van der Waals surface area contributed by atoms with Crippen LogP contribution in [0.15, 0.2) is 54.6 Å². The van der Waals surface area contributed by atoms with E-state index in [0.29, 0.717) is 0 Å². The first kappa shape index (κ1) is 12.6. The molecule has 0 aromatic heterocycles. The zero-order chi connectivity index (χ0) is 14.2. The second-order valence-electron chi connectivity index (χ2n) is 5.81. The molecule has 21 heavy (non-hydrogen) atoms. The first-order valence-electron chi connectivity index (χ1n) is 7.64. The second-order valence-corrected chi connectivity index (χ2v) is 5.81. The largest absolute Gasteiger partial charge is 0.396 e. The van der Waals surface area contributed by atoms with Crippen LogP contribution in [0.5, 0.6) is 0 Å². The number of rotatable bonds is 4. The van der Waals surface area contributed by atoms with E-state index in [0.717, 1.165) is 19.3 Å². The van der Waals surface area contributed by atoms with Crippen LogP contribution in [0.25, 0.3) is 32.3 Å². The van der Waals surface area contributed by atoms with Crippen molar-refractivity contribution in [3.63, 3.8) is 0 Å². The van der Waals surface area contributed by atoms with Gasteiger partial charge in [-0.25, -0.2) is 0 Å². The van der Waals surface area contributed by atoms with Crippen molar-refractivity contribution in [3.05, 3.63) is 60.2 Å². The molecule has 0 radical (unpaired) electrons. The van der Waals surface area contributed by atoms with E-state index in [1.165, 1.54) is 37.9 Å². The number of aliphatic hydroxyl groups excluding tert-OH is 1.